The van der Waals surface area contributed by atoms with Crippen LogP contribution in [0.4, 0.5) is 0 Å². The molecule has 0 aromatic carbocycles. The maximum absolute atomic E-state index is 12.6. The lowest BCUT2D eigenvalue weighted by Gasteiger charge is -2.28. The third-order valence-electron chi connectivity index (χ3n) is 4.09. The average Bonchev–Trinajstić information content (AvgIpc) is 2.56. The van der Waals surface area contributed by atoms with Crippen LogP contribution in [0.25, 0.3) is 11.0 Å². The Bertz CT molecular complexity index is 910. The summed E-state index contributed by atoms with van der Waals surface area (Å²) in [5.74, 6) is -0.286. The number of rotatable bonds is 4. The fourth-order valence-electron chi connectivity index (χ4n) is 2.55. The van der Waals surface area contributed by atoms with Gasteiger partial charge in [0.2, 0.25) is 0 Å². The van der Waals surface area contributed by atoms with Crippen molar-refractivity contribution in [1.82, 2.24) is 19.0 Å². The fourth-order valence-corrected chi connectivity index (χ4v) is 2.55. The van der Waals surface area contributed by atoms with E-state index in [1.54, 1.807) is 11.9 Å². The van der Waals surface area contributed by atoms with Crippen molar-refractivity contribution in [3.8, 4) is 0 Å². The van der Waals surface area contributed by atoms with E-state index in [0.29, 0.717) is 18.5 Å². The summed E-state index contributed by atoms with van der Waals surface area (Å²) in [5.41, 5.74) is 4.95. The number of nitrogens with two attached hydrogens (primary N) is 1. The van der Waals surface area contributed by atoms with E-state index in [9.17, 15) is 14.4 Å². The highest BCUT2D eigenvalue weighted by molar-refractivity contribution is 5.94. The van der Waals surface area contributed by atoms with Crippen LogP contribution >= 0.6 is 0 Å². The van der Waals surface area contributed by atoms with E-state index < -0.39 is 11.2 Å². The minimum Gasteiger partial charge on any atom is -0.340 e. The third-order valence-corrected chi connectivity index (χ3v) is 4.09. The molecule has 0 fully saturated rings. The monoisotopic (exact) mass is 333 g/mol. The fraction of sp³-hybridized carbons (Fsp3) is 0.500. The number of amides is 1. The van der Waals surface area contributed by atoms with Gasteiger partial charge in [-0.1, -0.05) is 13.8 Å². The molecule has 0 spiro atoms. The lowest BCUT2D eigenvalue weighted by molar-refractivity contribution is 0.0735. The SMILES string of the molecule is CN(CC(C)(C)CN)C(=O)c1ccc2c(=O)n(C)c(=O)n(C)c2n1. The summed E-state index contributed by atoms with van der Waals surface area (Å²) < 4.78 is 2.28. The number of pyridine rings is 1. The minimum atomic E-state index is -0.484. The predicted molar refractivity (Wildman–Crippen MR) is 92.0 cm³/mol. The second kappa shape index (κ2) is 6.20. The molecule has 130 valence electrons. The van der Waals surface area contributed by atoms with Crippen molar-refractivity contribution < 1.29 is 4.79 Å². The number of aryl methyl sites for hydroxylation is 1. The van der Waals surface area contributed by atoms with E-state index in [2.05, 4.69) is 4.98 Å². The number of hydrogen-bond donors (Lipinski definition) is 1. The first-order valence-electron chi connectivity index (χ1n) is 7.61. The van der Waals surface area contributed by atoms with Gasteiger partial charge in [0.15, 0.2) is 0 Å². The Labute approximate surface area is 139 Å². The smallest absolute Gasteiger partial charge is 0.332 e. The first kappa shape index (κ1) is 17.9. The first-order chi connectivity index (χ1) is 11.1. The molecule has 24 heavy (non-hydrogen) atoms. The van der Waals surface area contributed by atoms with E-state index in [0.717, 1.165) is 4.57 Å². The molecule has 0 saturated carbocycles. The van der Waals surface area contributed by atoms with Crippen LogP contribution in [-0.4, -0.2) is 45.1 Å². The van der Waals surface area contributed by atoms with Crippen LogP contribution < -0.4 is 17.0 Å². The lowest BCUT2D eigenvalue weighted by Crippen LogP contribution is -2.40. The zero-order valence-corrected chi connectivity index (χ0v) is 14.7. The van der Waals surface area contributed by atoms with Crippen LogP contribution in [0, 0.1) is 5.41 Å². The number of nitrogens with zero attached hydrogens (tertiary/aromatic N) is 4. The van der Waals surface area contributed by atoms with Crippen molar-refractivity contribution in [2.24, 2.45) is 25.2 Å². The van der Waals surface area contributed by atoms with Gasteiger partial charge in [0.05, 0.1) is 5.39 Å². The molecule has 2 N–H and O–H groups in total. The van der Waals surface area contributed by atoms with E-state index in [1.165, 1.54) is 30.8 Å². The molecule has 0 aliphatic rings. The van der Waals surface area contributed by atoms with Gasteiger partial charge in [-0.2, -0.15) is 0 Å². The van der Waals surface area contributed by atoms with Crippen LogP contribution in [0.15, 0.2) is 21.7 Å². The Morgan fingerprint density at radius 2 is 1.88 bits per heavy atom. The molecule has 0 saturated heterocycles. The molecule has 0 atom stereocenters. The highest BCUT2D eigenvalue weighted by Crippen LogP contribution is 2.16. The Balaban J connectivity index is 2.50. The molecule has 0 aliphatic heterocycles. The largest absolute Gasteiger partial charge is 0.340 e. The van der Waals surface area contributed by atoms with Gasteiger partial charge in [0.1, 0.15) is 11.3 Å². The van der Waals surface area contributed by atoms with Crippen LogP contribution in [0.1, 0.15) is 24.3 Å². The van der Waals surface area contributed by atoms with E-state index in [4.69, 9.17) is 5.73 Å². The molecule has 2 heterocycles. The Hall–Kier alpha value is -2.48. The number of aromatic nitrogens is 3. The molecular formula is C16H23N5O3. The normalized spacial score (nSPS) is 11.8. The Morgan fingerprint density at radius 1 is 1.25 bits per heavy atom. The third kappa shape index (κ3) is 3.09. The molecule has 0 aliphatic carbocycles. The van der Waals surface area contributed by atoms with Gasteiger partial charge in [-0.3, -0.25) is 18.7 Å². The number of carbonyl (C=O) groups is 1. The van der Waals surface area contributed by atoms with Crippen LogP contribution in [0.5, 0.6) is 0 Å². The topological polar surface area (TPSA) is 103 Å². The zero-order valence-electron chi connectivity index (χ0n) is 14.7. The van der Waals surface area contributed by atoms with Gasteiger partial charge < -0.3 is 10.6 Å². The maximum Gasteiger partial charge on any atom is 0.332 e. The summed E-state index contributed by atoms with van der Waals surface area (Å²) in [7, 11) is 4.60. The highest BCUT2D eigenvalue weighted by Gasteiger charge is 2.23. The summed E-state index contributed by atoms with van der Waals surface area (Å²) in [4.78, 5) is 42.5. The molecule has 2 aromatic rings. The average molecular weight is 333 g/mol. The van der Waals surface area contributed by atoms with E-state index in [1.807, 2.05) is 13.8 Å². The molecule has 8 heteroatoms. The molecule has 1 amide bonds. The second-order valence-corrected chi connectivity index (χ2v) is 6.80. The van der Waals surface area contributed by atoms with Crippen LogP contribution in [-0.2, 0) is 14.1 Å². The molecule has 0 bridgehead atoms. The van der Waals surface area contributed by atoms with Gasteiger partial charge in [0, 0.05) is 27.7 Å². The summed E-state index contributed by atoms with van der Waals surface area (Å²) >= 11 is 0. The van der Waals surface area contributed by atoms with Crippen molar-refractivity contribution in [3.63, 3.8) is 0 Å². The van der Waals surface area contributed by atoms with Crippen molar-refractivity contribution in [2.45, 2.75) is 13.8 Å². The molecule has 2 rings (SSSR count). The predicted octanol–water partition coefficient (Wildman–Crippen LogP) is -0.311. The highest BCUT2D eigenvalue weighted by atomic mass is 16.2. The molecule has 0 unspecified atom stereocenters. The van der Waals surface area contributed by atoms with Gasteiger partial charge in [0.25, 0.3) is 11.5 Å². The van der Waals surface area contributed by atoms with E-state index >= 15 is 0 Å². The van der Waals surface area contributed by atoms with Gasteiger partial charge in [-0.05, 0) is 24.1 Å². The van der Waals surface area contributed by atoms with Crippen molar-refractivity contribution >= 4 is 16.9 Å². The maximum atomic E-state index is 12.6. The van der Waals surface area contributed by atoms with Crippen molar-refractivity contribution in [3.05, 3.63) is 38.7 Å². The Morgan fingerprint density at radius 3 is 2.46 bits per heavy atom. The molecular weight excluding hydrogens is 310 g/mol. The summed E-state index contributed by atoms with van der Waals surface area (Å²) in [6, 6.07) is 3.03. The number of hydrogen-bond acceptors (Lipinski definition) is 5. The summed E-state index contributed by atoms with van der Waals surface area (Å²) in [6.45, 7) is 4.86. The minimum absolute atomic E-state index is 0.182. The van der Waals surface area contributed by atoms with Crippen LogP contribution in [0.3, 0.4) is 0 Å². The van der Waals surface area contributed by atoms with Gasteiger partial charge >= 0.3 is 5.69 Å². The van der Waals surface area contributed by atoms with Crippen molar-refractivity contribution in [2.75, 3.05) is 20.1 Å². The van der Waals surface area contributed by atoms with Gasteiger partial charge in [-0.15, -0.1) is 0 Å². The number of fused-ring (bicyclic) bond motifs is 1. The standard InChI is InChI=1S/C16H23N5O3/c1-16(2,8-17)9-19(3)14(23)11-7-6-10-12(18-11)20(4)15(24)21(5)13(10)22/h6-7H,8-9,17H2,1-5H3. The molecule has 8 nitrogen and oxygen atoms in total. The van der Waals surface area contributed by atoms with Crippen LogP contribution in [0.2, 0.25) is 0 Å². The Kier molecular flexibility index (Phi) is 4.61. The summed E-state index contributed by atoms with van der Waals surface area (Å²) in [6.07, 6.45) is 0. The van der Waals surface area contributed by atoms with Crippen molar-refractivity contribution in [1.29, 1.82) is 0 Å². The summed E-state index contributed by atoms with van der Waals surface area (Å²) in [5, 5.41) is 0.293. The lowest BCUT2D eigenvalue weighted by atomic mass is 9.93. The number of carbonyl (C=O) groups excluding carboxylic acids is 1. The quantitative estimate of drug-likeness (QED) is 0.826. The first-order valence-corrected chi connectivity index (χ1v) is 7.61. The molecule has 2 aromatic heterocycles. The zero-order chi connectivity index (χ0) is 18.2. The van der Waals surface area contributed by atoms with E-state index in [-0.39, 0.29) is 22.7 Å². The second-order valence-electron chi connectivity index (χ2n) is 6.80. The van der Waals surface area contributed by atoms with Gasteiger partial charge in [-0.25, -0.2) is 9.78 Å². The molecule has 0 radical (unpaired) electrons.